The third-order valence-corrected chi connectivity index (χ3v) is 1.73. The van der Waals surface area contributed by atoms with Gasteiger partial charge in [0, 0.05) is 9.52 Å². The molecule has 4 heteroatoms. The number of hydrogen-bond donors (Lipinski definition) is 0. The molecule has 2 rings (SSSR count). The van der Waals surface area contributed by atoms with Gasteiger partial charge in [-0.1, -0.05) is 26.9 Å². The van der Waals surface area contributed by atoms with Crippen LogP contribution in [-0.4, -0.2) is 9.52 Å². The van der Waals surface area contributed by atoms with E-state index in [1.54, 1.807) is 0 Å². The van der Waals surface area contributed by atoms with Crippen LogP contribution in [0.3, 0.4) is 0 Å². The van der Waals surface area contributed by atoms with Crippen molar-refractivity contribution < 1.29 is 51.0 Å². The summed E-state index contributed by atoms with van der Waals surface area (Å²) in [6.45, 7) is 8.53. The first-order valence-electron chi connectivity index (χ1n) is 5.42. The zero-order valence-electron chi connectivity index (χ0n) is 11.6. The fraction of sp³-hybridized carbons (Fsp3) is 0.429. The molecular formula is C14H21Cl2SiZr. The first-order valence-corrected chi connectivity index (χ1v) is 7.73. The first kappa shape index (κ1) is 27.1. The number of rotatable bonds is 0. The molecule has 0 atom stereocenters. The molecule has 0 unspecified atom stereocenters. The van der Waals surface area contributed by atoms with E-state index in [0.29, 0.717) is 0 Å². The molecule has 0 aromatic carbocycles. The van der Waals surface area contributed by atoms with E-state index in [0.717, 1.165) is 22.4 Å². The Labute approximate surface area is 147 Å². The molecule has 2 aliphatic rings. The van der Waals surface area contributed by atoms with Gasteiger partial charge in [-0.2, -0.15) is 12.2 Å². The molecule has 0 saturated carbocycles. The van der Waals surface area contributed by atoms with Crippen LogP contribution in [0.1, 0.15) is 26.7 Å². The van der Waals surface area contributed by atoms with Crippen LogP contribution < -0.4 is 24.8 Å². The molecule has 0 N–H and O–H groups in total. The van der Waals surface area contributed by atoms with Gasteiger partial charge in [-0.3, -0.25) is 12.2 Å². The van der Waals surface area contributed by atoms with E-state index in [4.69, 9.17) is 0 Å². The minimum absolute atomic E-state index is 0. The third-order valence-electron chi connectivity index (χ3n) is 1.73. The fourth-order valence-electron chi connectivity index (χ4n) is 1.03. The van der Waals surface area contributed by atoms with Crippen LogP contribution in [0.5, 0.6) is 0 Å². The summed E-state index contributed by atoms with van der Waals surface area (Å²) < 4.78 is 0. The van der Waals surface area contributed by atoms with E-state index in [9.17, 15) is 0 Å². The van der Waals surface area contributed by atoms with E-state index in [1.807, 2.05) is 0 Å². The Morgan fingerprint density at radius 1 is 0.889 bits per heavy atom. The summed E-state index contributed by atoms with van der Waals surface area (Å²) in [6.07, 6.45) is 16.7. The third kappa shape index (κ3) is 19.0. The molecule has 0 amide bonds. The predicted molar refractivity (Wildman–Crippen MR) is 71.3 cm³/mol. The van der Waals surface area contributed by atoms with Crippen LogP contribution in [0.15, 0.2) is 35.5 Å². The van der Waals surface area contributed by atoms with Crippen molar-refractivity contribution in [2.24, 2.45) is 0 Å². The molecule has 0 heterocycles. The van der Waals surface area contributed by atoms with Gasteiger partial charge in [-0.05, 0) is 0 Å². The minimum Gasteiger partial charge on any atom is -1.00 e. The fourth-order valence-corrected chi connectivity index (χ4v) is 1.03. The molecule has 0 fully saturated rings. The molecule has 0 spiro atoms. The summed E-state index contributed by atoms with van der Waals surface area (Å²) in [5.41, 5.74) is 2.55. The molecule has 0 aromatic heterocycles. The maximum atomic E-state index is 3.12. The SMILES string of the molecule is CC1=[C-]CC=C1.CC1=[C-]CC=C1.C[SiH]C.[Cl-].[Cl-].[Zr+4]. The number of hydrogen-bond acceptors (Lipinski definition) is 0. The first-order chi connectivity index (χ1) is 7.20. The Bertz CT molecular complexity index is 248. The van der Waals surface area contributed by atoms with Crippen molar-refractivity contribution in [1.82, 2.24) is 0 Å². The van der Waals surface area contributed by atoms with Crippen LogP contribution in [0.25, 0.3) is 0 Å². The van der Waals surface area contributed by atoms with Crippen molar-refractivity contribution in [3.8, 4) is 0 Å². The van der Waals surface area contributed by atoms with Gasteiger partial charge in [0.15, 0.2) is 0 Å². The van der Waals surface area contributed by atoms with Crippen LogP contribution in [0.2, 0.25) is 13.1 Å². The second kappa shape index (κ2) is 20.0. The number of allylic oxidation sites excluding steroid dienone is 8. The largest absolute Gasteiger partial charge is 4.00 e. The van der Waals surface area contributed by atoms with Crippen LogP contribution in [0, 0.1) is 12.2 Å². The Kier molecular flexibility index (Phi) is 30.0. The molecule has 2 aliphatic carbocycles. The van der Waals surface area contributed by atoms with Crippen molar-refractivity contribution in [1.29, 1.82) is 0 Å². The minimum atomic E-state index is 0. The molecule has 0 nitrogen and oxygen atoms in total. The Balaban J connectivity index is -0.0000000793. The van der Waals surface area contributed by atoms with Gasteiger partial charge in [-0.15, -0.1) is 12.8 Å². The van der Waals surface area contributed by atoms with Gasteiger partial charge in [-0.25, -0.2) is 23.3 Å². The molecule has 0 aromatic rings. The smallest absolute Gasteiger partial charge is 1.00 e. The topological polar surface area (TPSA) is 0 Å². The van der Waals surface area contributed by atoms with Gasteiger partial charge < -0.3 is 24.8 Å². The molecule has 99 valence electrons. The maximum absolute atomic E-state index is 3.12. The van der Waals surface area contributed by atoms with Gasteiger partial charge in [0.25, 0.3) is 0 Å². The van der Waals surface area contributed by atoms with Gasteiger partial charge in [0.2, 0.25) is 0 Å². The normalized spacial score (nSPS) is 13.3. The van der Waals surface area contributed by atoms with Crippen LogP contribution in [0.4, 0.5) is 0 Å². The average molecular weight is 380 g/mol. The quantitative estimate of drug-likeness (QED) is 0.335. The predicted octanol–water partition coefficient (Wildman–Crippen LogP) is -2.08. The zero-order chi connectivity index (χ0) is 11.5. The summed E-state index contributed by atoms with van der Waals surface area (Å²) in [4.78, 5) is 0. The van der Waals surface area contributed by atoms with Crippen molar-refractivity contribution in [3.63, 3.8) is 0 Å². The second-order valence-corrected chi connectivity index (χ2v) is 4.66. The average Bonchev–Trinajstić information content (AvgIpc) is 2.81. The second-order valence-electron chi connectivity index (χ2n) is 3.51. The molecule has 0 bridgehead atoms. The van der Waals surface area contributed by atoms with Crippen molar-refractivity contribution in [2.75, 3.05) is 0 Å². The summed E-state index contributed by atoms with van der Waals surface area (Å²) >= 11 is 0. The van der Waals surface area contributed by atoms with Gasteiger partial charge in [0.1, 0.15) is 0 Å². The molecule has 0 saturated heterocycles. The molecular weight excluding hydrogens is 358 g/mol. The summed E-state index contributed by atoms with van der Waals surface area (Å²) in [5, 5.41) is 0. The number of halogens is 2. The van der Waals surface area contributed by atoms with E-state index in [2.05, 4.69) is 63.4 Å². The Morgan fingerprint density at radius 2 is 1.17 bits per heavy atom. The maximum Gasteiger partial charge on any atom is 4.00 e. The van der Waals surface area contributed by atoms with E-state index in [1.165, 1.54) is 11.1 Å². The van der Waals surface area contributed by atoms with Gasteiger partial charge in [0.05, 0.1) is 0 Å². The monoisotopic (exact) mass is 377 g/mol. The van der Waals surface area contributed by atoms with E-state index < -0.39 is 0 Å². The Hall–Kier alpha value is 0.640. The van der Waals surface area contributed by atoms with Crippen LogP contribution >= 0.6 is 0 Å². The van der Waals surface area contributed by atoms with Crippen molar-refractivity contribution >= 4 is 9.52 Å². The molecule has 18 heavy (non-hydrogen) atoms. The molecule has 1 radical (unpaired) electrons. The van der Waals surface area contributed by atoms with Crippen molar-refractivity contribution in [3.05, 3.63) is 47.6 Å². The summed E-state index contributed by atoms with van der Waals surface area (Å²) in [6, 6.07) is 0. The van der Waals surface area contributed by atoms with E-state index >= 15 is 0 Å². The van der Waals surface area contributed by atoms with E-state index in [-0.39, 0.29) is 51.0 Å². The zero-order valence-corrected chi connectivity index (χ0v) is 16.7. The van der Waals surface area contributed by atoms with Crippen LogP contribution in [-0.2, 0) is 26.2 Å². The summed E-state index contributed by atoms with van der Waals surface area (Å²) in [7, 11) is 0.750. The van der Waals surface area contributed by atoms with Crippen molar-refractivity contribution in [2.45, 2.75) is 39.8 Å². The molecule has 0 aliphatic heterocycles. The Morgan fingerprint density at radius 3 is 1.22 bits per heavy atom. The standard InChI is InChI=1S/2C6H7.C2H7Si.2ClH.Zr/c2*1-6-4-2-3-5-6;1-3-2;;;/h2*2,4H,3H2,1H3;3H,1-2H3;2*1H;/q2*-1;;;;+4/p-2. The summed E-state index contributed by atoms with van der Waals surface area (Å²) in [5.74, 6) is 0. The van der Waals surface area contributed by atoms with Gasteiger partial charge >= 0.3 is 26.2 Å².